The van der Waals surface area contributed by atoms with Gasteiger partial charge in [-0.1, -0.05) is 19.3 Å². The first-order valence-corrected chi connectivity index (χ1v) is 10.4. The largest absolute Gasteiger partial charge is 0.417 e. The molecule has 0 radical (unpaired) electrons. The molecule has 166 valence electrons. The number of anilines is 1. The summed E-state index contributed by atoms with van der Waals surface area (Å²) in [5, 5.41) is 5.29. The summed E-state index contributed by atoms with van der Waals surface area (Å²) in [4.78, 5) is 32.3. The van der Waals surface area contributed by atoms with E-state index in [0.29, 0.717) is 32.0 Å². The van der Waals surface area contributed by atoms with Crippen molar-refractivity contribution in [2.24, 2.45) is 0 Å². The Balaban J connectivity index is 1.45. The molecule has 1 aromatic heterocycles. The highest BCUT2D eigenvalue weighted by molar-refractivity contribution is 5.96. The van der Waals surface area contributed by atoms with E-state index in [1.165, 1.54) is 12.5 Å². The monoisotopic (exact) mass is 427 g/mol. The average Bonchev–Trinajstić information content (AvgIpc) is 2.73. The molecule has 1 atom stereocenters. The minimum absolute atomic E-state index is 0.127. The average molecular weight is 427 g/mol. The zero-order valence-corrected chi connectivity index (χ0v) is 17.0. The Morgan fingerprint density at radius 1 is 1.10 bits per heavy atom. The van der Waals surface area contributed by atoms with E-state index in [4.69, 9.17) is 0 Å². The molecule has 2 N–H and O–H groups in total. The molecule has 0 bridgehead atoms. The summed E-state index contributed by atoms with van der Waals surface area (Å²) in [6.45, 7) is 3.90. The molecule has 2 fully saturated rings. The number of halogens is 3. The molecule has 1 saturated heterocycles. The number of carbonyl (C=O) groups is 2. The molecule has 1 unspecified atom stereocenters. The Labute approximate surface area is 174 Å². The third-order valence-electron chi connectivity index (χ3n) is 5.82. The number of hydrogen-bond donors (Lipinski definition) is 2. The molecule has 30 heavy (non-hydrogen) atoms. The van der Waals surface area contributed by atoms with Crippen molar-refractivity contribution >= 4 is 17.8 Å². The van der Waals surface area contributed by atoms with Gasteiger partial charge in [0.25, 0.3) is 0 Å². The second kappa shape index (κ2) is 9.63. The quantitative estimate of drug-likeness (QED) is 0.773. The maximum absolute atomic E-state index is 12.7. The predicted octanol–water partition coefficient (Wildman–Crippen LogP) is 2.77. The maximum atomic E-state index is 12.7. The van der Waals surface area contributed by atoms with Gasteiger partial charge in [-0.3, -0.25) is 15.0 Å². The van der Waals surface area contributed by atoms with Gasteiger partial charge in [-0.2, -0.15) is 13.2 Å². The third kappa shape index (κ3) is 5.84. The van der Waals surface area contributed by atoms with Crippen molar-refractivity contribution in [2.75, 3.05) is 31.1 Å². The fourth-order valence-corrected chi connectivity index (χ4v) is 3.93. The lowest BCUT2D eigenvalue weighted by molar-refractivity contribution is -0.137. The van der Waals surface area contributed by atoms with Crippen LogP contribution in [0.15, 0.2) is 18.3 Å². The van der Waals surface area contributed by atoms with E-state index < -0.39 is 23.8 Å². The second-order valence-electron chi connectivity index (χ2n) is 7.90. The van der Waals surface area contributed by atoms with Gasteiger partial charge in [0, 0.05) is 38.4 Å². The molecule has 10 heteroatoms. The number of piperazine rings is 1. The van der Waals surface area contributed by atoms with Crippen LogP contribution in [0.4, 0.5) is 23.8 Å². The number of pyridine rings is 1. The van der Waals surface area contributed by atoms with Crippen molar-refractivity contribution in [1.29, 1.82) is 0 Å². The highest BCUT2D eigenvalue weighted by atomic mass is 19.4. The van der Waals surface area contributed by atoms with Gasteiger partial charge in [0.15, 0.2) is 0 Å². The van der Waals surface area contributed by atoms with Crippen molar-refractivity contribution < 1.29 is 22.8 Å². The fraction of sp³-hybridized carbons (Fsp3) is 0.650. The smallest absolute Gasteiger partial charge is 0.354 e. The minimum atomic E-state index is -4.41. The fourth-order valence-electron chi connectivity index (χ4n) is 3.93. The summed E-state index contributed by atoms with van der Waals surface area (Å²) in [5.74, 6) is 0.121. The van der Waals surface area contributed by atoms with E-state index >= 15 is 0 Å². The molecule has 0 aromatic carbocycles. The van der Waals surface area contributed by atoms with Crippen LogP contribution < -0.4 is 15.5 Å². The molecule has 1 aromatic rings. The highest BCUT2D eigenvalue weighted by Gasteiger charge is 2.31. The van der Waals surface area contributed by atoms with Crippen LogP contribution in [0.25, 0.3) is 0 Å². The van der Waals surface area contributed by atoms with Gasteiger partial charge >= 0.3 is 12.2 Å². The van der Waals surface area contributed by atoms with Gasteiger partial charge in [0.05, 0.1) is 11.6 Å². The zero-order valence-electron chi connectivity index (χ0n) is 17.0. The molecule has 7 nitrogen and oxygen atoms in total. The molecule has 3 rings (SSSR count). The summed E-state index contributed by atoms with van der Waals surface area (Å²) in [6.07, 6.45) is 1.68. The highest BCUT2D eigenvalue weighted by Crippen LogP contribution is 2.29. The molecule has 2 aliphatic rings. The van der Waals surface area contributed by atoms with Crippen molar-refractivity contribution in [1.82, 2.24) is 20.5 Å². The van der Waals surface area contributed by atoms with Crippen molar-refractivity contribution in [3.63, 3.8) is 0 Å². The Morgan fingerprint density at radius 3 is 2.33 bits per heavy atom. The molecule has 1 aliphatic carbocycles. The van der Waals surface area contributed by atoms with E-state index in [-0.39, 0.29) is 11.9 Å². The summed E-state index contributed by atoms with van der Waals surface area (Å²) >= 11 is 0. The number of urea groups is 1. The number of hydrogen-bond acceptors (Lipinski definition) is 5. The lowest BCUT2D eigenvalue weighted by atomic mass is 9.96. The molecule has 1 saturated carbocycles. The predicted molar refractivity (Wildman–Crippen MR) is 106 cm³/mol. The first-order valence-electron chi connectivity index (χ1n) is 10.4. The van der Waals surface area contributed by atoms with Crippen LogP contribution in [-0.4, -0.2) is 60.1 Å². The first kappa shape index (κ1) is 22.3. The summed E-state index contributed by atoms with van der Waals surface area (Å²) < 4.78 is 38.0. The van der Waals surface area contributed by atoms with Crippen molar-refractivity contribution in [3.05, 3.63) is 23.9 Å². The SMILES string of the molecule is CC(C(=O)NC(=O)NC1CCCCC1)N1CCN(c2ccc(C(F)(F)F)cn2)CC1. The van der Waals surface area contributed by atoms with E-state index in [1.54, 1.807) is 6.92 Å². The molecular formula is C20H28F3N5O2. The van der Waals surface area contributed by atoms with Gasteiger partial charge < -0.3 is 10.2 Å². The van der Waals surface area contributed by atoms with Crippen LogP contribution in [0.3, 0.4) is 0 Å². The minimum Gasteiger partial charge on any atom is -0.354 e. The number of nitrogens with one attached hydrogen (secondary N) is 2. The first-order chi connectivity index (χ1) is 14.2. The Morgan fingerprint density at radius 2 is 1.77 bits per heavy atom. The topological polar surface area (TPSA) is 77.6 Å². The zero-order chi connectivity index (χ0) is 21.7. The van der Waals surface area contributed by atoms with Crippen molar-refractivity contribution in [2.45, 2.75) is 57.3 Å². The van der Waals surface area contributed by atoms with Crippen LogP contribution in [0.1, 0.15) is 44.6 Å². The van der Waals surface area contributed by atoms with Crippen LogP contribution in [-0.2, 0) is 11.0 Å². The van der Waals surface area contributed by atoms with Crippen LogP contribution in [0.5, 0.6) is 0 Å². The number of amides is 3. The normalized spacial score (nSPS) is 19.9. The summed E-state index contributed by atoms with van der Waals surface area (Å²) in [6, 6.07) is 1.58. The number of rotatable bonds is 4. The number of carbonyl (C=O) groups excluding carboxylic acids is 2. The summed E-state index contributed by atoms with van der Waals surface area (Å²) in [5.41, 5.74) is -0.776. The number of imide groups is 1. The lowest BCUT2D eigenvalue weighted by Crippen LogP contribution is -2.56. The second-order valence-corrected chi connectivity index (χ2v) is 7.90. The maximum Gasteiger partial charge on any atom is 0.417 e. The van der Waals surface area contributed by atoms with Gasteiger partial charge in [0.1, 0.15) is 5.82 Å². The van der Waals surface area contributed by atoms with Crippen LogP contribution in [0, 0.1) is 0 Å². The number of aromatic nitrogens is 1. The molecule has 3 amide bonds. The van der Waals surface area contributed by atoms with E-state index in [9.17, 15) is 22.8 Å². The number of nitrogens with zero attached hydrogens (tertiary/aromatic N) is 3. The molecule has 1 aliphatic heterocycles. The van der Waals surface area contributed by atoms with E-state index in [2.05, 4.69) is 15.6 Å². The standard InChI is InChI=1S/C20H28F3N5O2/c1-14(18(29)26-19(30)25-16-5-3-2-4-6-16)27-9-11-28(12-10-27)17-8-7-15(13-24-17)20(21,22)23/h7-8,13-14,16H,2-6,9-12H2,1H3,(H2,25,26,29,30). The van der Waals surface area contributed by atoms with Crippen LogP contribution in [0.2, 0.25) is 0 Å². The van der Waals surface area contributed by atoms with Gasteiger partial charge in [-0.05, 0) is 31.9 Å². The summed E-state index contributed by atoms with van der Waals surface area (Å²) in [7, 11) is 0. The van der Waals surface area contributed by atoms with E-state index in [1.807, 2.05) is 9.80 Å². The third-order valence-corrected chi connectivity index (χ3v) is 5.82. The Kier molecular flexibility index (Phi) is 7.17. The van der Waals surface area contributed by atoms with E-state index in [0.717, 1.165) is 37.9 Å². The van der Waals surface area contributed by atoms with Gasteiger partial charge in [-0.15, -0.1) is 0 Å². The van der Waals surface area contributed by atoms with Gasteiger partial charge in [0.2, 0.25) is 5.91 Å². The van der Waals surface area contributed by atoms with Crippen LogP contribution >= 0.6 is 0 Å². The Bertz CT molecular complexity index is 727. The molecular weight excluding hydrogens is 399 g/mol. The number of alkyl halides is 3. The van der Waals surface area contributed by atoms with Crippen molar-refractivity contribution in [3.8, 4) is 0 Å². The Hall–Kier alpha value is -2.36. The molecule has 2 heterocycles. The lowest BCUT2D eigenvalue weighted by Gasteiger charge is -2.38. The molecule has 0 spiro atoms. The van der Waals surface area contributed by atoms with Gasteiger partial charge in [-0.25, -0.2) is 9.78 Å².